The second-order valence-corrected chi connectivity index (χ2v) is 2.13. The van der Waals surface area contributed by atoms with Crippen molar-refractivity contribution in [3.8, 4) is 12.3 Å². The molecule has 0 saturated carbocycles. The third kappa shape index (κ3) is 1.83. The highest BCUT2D eigenvalue weighted by Gasteiger charge is 2.08. The minimum atomic E-state index is -0.353. The Kier molecular flexibility index (Phi) is 2.43. The SMILES string of the molecule is C#CCNC(=O)c1ncn(C)n1. The lowest BCUT2D eigenvalue weighted by molar-refractivity contribution is 0.0948. The Balaban J connectivity index is 2.61. The van der Waals surface area contributed by atoms with E-state index in [2.05, 4.69) is 21.3 Å². The second kappa shape index (κ2) is 3.53. The zero-order valence-corrected chi connectivity index (χ0v) is 6.61. The first-order valence-corrected chi connectivity index (χ1v) is 3.31. The molecule has 0 fully saturated rings. The normalized spacial score (nSPS) is 9.00. The van der Waals surface area contributed by atoms with E-state index in [1.807, 2.05) is 0 Å². The second-order valence-electron chi connectivity index (χ2n) is 2.13. The van der Waals surface area contributed by atoms with Gasteiger partial charge in [0.2, 0.25) is 5.82 Å². The van der Waals surface area contributed by atoms with Crippen LogP contribution in [-0.4, -0.2) is 27.2 Å². The molecule has 1 amide bonds. The fourth-order valence-electron chi connectivity index (χ4n) is 0.654. The lowest BCUT2D eigenvalue weighted by Gasteiger charge is -1.93. The highest BCUT2D eigenvalue weighted by Crippen LogP contribution is 1.86. The number of rotatable bonds is 2. The first-order chi connectivity index (χ1) is 5.74. The van der Waals surface area contributed by atoms with Crippen molar-refractivity contribution in [2.75, 3.05) is 6.54 Å². The molecule has 0 aliphatic rings. The summed E-state index contributed by atoms with van der Waals surface area (Å²) in [6, 6.07) is 0. The molecule has 0 bridgehead atoms. The number of amides is 1. The van der Waals surface area contributed by atoms with Crippen molar-refractivity contribution >= 4 is 5.91 Å². The van der Waals surface area contributed by atoms with Crippen LogP contribution in [0.25, 0.3) is 0 Å². The van der Waals surface area contributed by atoms with Crippen LogP contribution < -0.4 is 5.32 Å². The van der Waals surface area contributed by atoms with Crippen LogP contribution in [0.15, 0.2) is 6.33 Å². The van der Waals surface area contributed by atoms with Gasteiger partial charge in [0.05, 0.1) is 6.54 Å². The molecule has 1 aromatic heterocycles. The van der Waals surface area contributed by atoms with Crippen LogP contribution in [0, 0.1) is 12.3 Å². The summed E-state index contributed by atoms with van der Waals surface area (Å²) in [5, 5.41) is 6.24. The highest BCUT2D eigenvalue weighted by molar-refractivity contribution is 5.90. The van der Waals surface area contributed by atoms with E-state index in [1.165, 1.54) is 11.0 Å². The van der Waals surface area contributed by atoms with Crippen molar-refractivity contribution in [2.45, 2.75) is 0 Å². The van der Waals surface area contributed by atoms with E-state index in [9.17, 15) is 4.79 Å². The van der Waals surface area contributed by atoms with Crippen LogP contribution in [0.5, 0.6) is 0 Å². The zero-order chi connectivity index (χ0) is 8.97. The highest BCUT2D eigenvalue weighted by atomic mass is 16.2. The van der Waals surface area contributed by atoms with Gasteiger partial charge in [-0.1, -0.05) is 5.92 Å². The van der Waals surface area contributed by atoms with Crippen molar-refractivity contribution in [1.29, 1.82) is 0 Å². The monoisotopic (exact) mass is 164 g/mol. The van der Waals surface area contributed by atoms with Gasteiger partial charge >= 0.3 is 0 Å². The summed E-state index contributed by atoms with van der Waals surface area (Å²) in [7, 11) is 1.69. The summed E-state index contributed by atoms with van der Waals surface area (Å²) in [6.45, 7) is 0.192. The third-order valence-corrected chi connectivity index (χ3v) is 1.15. The molecule has 1 rings (SSSR count). The van der Waals surface area contributed by atoms with Crippen molar-refractivity contribution < 1.29 is 4.79 Å². The Morgan fingerprint density at radius 2 is 2.67 bits per heavy atom. The molecule has 5 heteroatoms. The van der Waals surface area contributed by atoms with Crippen molar-refractivity contribution in [1.82, 2.24) is 20.1 Å². The van der Waals surface area contributed by atoms with Gasteiger partial charge in [0, 0.05) is 7.05 Å². The van der Waals surface area contributed by atoms with Crippen LogP contribution in [0.4, 0.5) is 0 Å². The largest absolute Gasteiger partial charge is 0.338 e. The Morgan fingerprint density at radius 3 is 3.17 bits per heavy atom. The van der Waals surface area contributed by atoms with E-state index < -0.39 is 0 Å². The van der Waals surface area contributed by atoms with Crippen LogP contribution in [0.2, 0.25) is 0 Å². The van der Waals surface area contributed by atoms with Crippen molar-refractivity contribution in [2.24, 2.45) is 7.05 Å². The molecule has 0 aliphatic carbocycles. The van der Waals surface area contributed by atoms with E-state index in [4.69, 9.17) is 6.42 Å². The lowest BCUT2D eigenvalue weighted by Crippen LogP contribution is -2.24. The Labute approximate surface area is 69.8 Å². The third-order valence-electron chi connectivity index (χ3n) is 1.15. The fraction of sp³-hybridized carbons (Fsp3) is 0.286. The van der Waals surface area contributed by atoms with Crippen molar-refractivity contribution in [3.05, 3.63) is 12.2 Å². The maximum Gasteiger partial charge on any atom is 0.291 e. The number of hydrogen-bond acceptors (Lipinski definition) is 3. The molecule has 1 N–H and O–H groups in total. The van der Waals surface area contributed by atoms with Gasteiger partial charge < -0.3 is 5.32 Å². The zero-order valence-electron chi connectivity index (χ0n) is 6.61. The first kappa shape index (κ1) is 8.27. The Morgan fingerprint density at radius 1 is 1.92 bits per heavy atom. The summed E-state index contributed by atoms with van der Waals surface area (Å²) in [5.41, 5.74) is 0. The number of aromatic nitrogens is 3. The van der Waals surface area contributed by atoms with E-state index in [0.29, 0.717) is 0 Å². The van der Waals surface area contributed by atoms with Crippen molar-refractivity contribution in [3.63, 3.8) is 0 Å². The van der Waals surface area contributed by atoms with Gasteiger partial charge in [-0.15, -0.1) is 11.5 Å². The number of hydrogen-bond donors (Lipinski definition) is 1. The smallest absolute Gasteiger partial charge is 0.291 e. The fourth-order valence-corrected chi connectivity index (χ4v) is 0.654. The molecule has 0 unspecified atom stereocenters. The number of carbonyl (C=O) groups is 1. The maximum absolute atomic E-state index is 11.1. The average molecular weight is 164 g/mol. The number of terminal acetylenes is 1. The van der Waals surface area contributed by atoms with E-state index in [0.717, 1.165) is 0 Å². The minimum absolute atomic E-state index is 0.132. The van der Waals surface area contributed by atoms with Crippen LogP contribution >= 0.6 is 0 Å². The predicted molar refractivity (Wildman–Crippen MR) is 42.2 cm³/mol. The molecule has 62 valence electrons. The Hall–Kier alpha value is -1.83. The predicted octanol–water partition coefficient (Wildman–Crippen LogP) is -0.822. The van der Waals surface area contributed by atoms with Gasteiger partial charge in [-0.25, -0.2) is 4.98 Å². The van der Waals surface area contributed by atoms with Gasteiger partial charge in [0.25, 0.3) is 5.91 Å². The molecular weight excluding hydrogens is 156 g/mol. The molecule has 5 nitrogen and oxygen atoms in total. The topological polar surface area (TPSA) is 59.8 Å². The molecule has 0 atom stereocenters. The molecule has 0 spiro atoms. The summed E-state index contributed by atoms with van der Waals surface area (Å²) in [5.74, 6) is 2.06. The first-order valence-electron chi connectivity index (χ1n) is 3.31. The molecule has 0 aromatic carbocycles. The Bertz CT molecular complexity index is 322. The molecule has 0 aliphatic heterocycles. The number of carbonyl (C=O) groups excluding carboxylic acids is 1. The number of nitrogens with one attached hydrogen (secondary N) is 1. The molecular formula is C7H8N4O. The van der Waals surface area contributed by atoms with Gasteiger partial charge in [0.1, 0.15) is 6.33 Å². The summed E-state index contributed by atoms with van der Waals surface area (Å²) in [6.07, 6.45) is 6.40. The lowest BCUT2D eigenvalue weighted by atomic mass is 10.5. The summed E-state index contributed by atoms with van der Waals surface area (Å²) < 4.78 is 1.45. The van der Waals surface area contributed by atoms with Crippen LogP contribution in [-0.2, 0) is 7.05 Å². The van der Waals surface area contributed by atoms with E-state index >= 15 is 0 Å². The van der Waals surface area contributed by atoms with Gasteiger partial charge in [-0.2, -0.15) is 0 Å². The van der Waals surface area contributed by atoms with Crippen LogP contribution in [0.3, 0.4) is 0 Å². The quantitative estimate of drug-likeness (QED) is 0.581. The van der Waals surface area contributed by atoms with E-state index in [-0.39, 0.29) is 18.3 Å². The van der Waals surface area contributed by atoms with Gasteiger partial charge in [0.15, 0.2) is 0 Å². The van der Waals surface area contributed by atoms with Crippen LogP contribution in [0.1, 0.15) is 10.6 Å². The average Bonchev–Trinajstić information content (AvgIpc) is 2.47. The number of nitrogens with zero attached hydrogens (tertiary/aromatic N) is 3. The van der Waals surface area contributed by atoms with Gasteiger partial charge in [-0.3, -0.25) is 9.48 Å². The van der Waals surface area contributed by atoms with E-state index in [1.54, 1.807) is 7.05 Å². The molecule has 0 saturated heterocycles. The molecule has 1 heterocycles. The minimum Gasteiger partial charge on any atom is -0.338 e. The molecule has 1 aromatic rings. The van der Waals surface area contributed by atoms with Gasteiger partial charge in [-0.05, 0) is 0 Å². The molecule has 0 radical (unpaired) electrons. The number of aryl methyl sites for hydroxylation is 1. The summed E-state index contributed by atoms with van der Waals surface area (Å²) in [4.78, 5) is 14.8. The standard InChI is InChI=1S/C7H8N4O/c1-3-4-8-7(12)6-9-5-11(2)10-6/h1,5H,4H2,2H3,(H,8,12). The summed E-state index contributed by atoms with van der Waals surface area (Å²) >= 11 is 0. The molecule has 12 heavy (non-hydrogen) atoms. The maximum atomic E-state index is 11.1.